The topological polar surface area (TPSA) is 54.1 Å². The van der Waals surface area contributed by atoms with Crippen molar-refractivity contribution in [1.29, 1.82) is 0 Å². The summed E-state index contributed by atoms with van der Waals surface area (Å²) in [7, 11) is 0. The van der Waals surface area contributed by atoms with Crippen LogP contribution in [0.5, 0.6) is 0 Å². The van der Waals surface area contributed by atoms with E-state index in [1.54, 1.807) is 0 Å². The summed E-state index contributed by atoms with van der Waals surface area (Å²) >= 11 is 5.94. The van der Waals surface area contributed by atoms with Gasteiger partial charge in [-0.2, -0.15) is 0 Å². The van der Waals surface area contributed by atoms with Crippen LogP contribution in [0, 0.1) is 5.41 Å². The van der Waals surface area contributed by atoms with Gasteiger partial charge in [0.15, 0.2) is 5.96 Å². The van der Waals surface area contributed by atoms with Crippen LogP contribution >= 0.6 is 11.6 Å². The predicted molar refractivity (Wildman–Crippen MR) is 90.7 cm³/mol. The third-order valence-electron chi connectivity index (χ3n) is 4.32. The van der Waals surface area contributed by atoms with Crippen molar-refractivity contribution in [3.05, 3.63) is 29.3 Å². The molecule has 2 aliphatic rings. The molecule has 2 N–H and O–H groups in total. The highest BCUT2D eigenvalue weighted by Crippen LogP contribution is 2.26. The molecule has 1 aromatic carbocycles. The first-order valence-electron chi connectivity index (χ1n) is 7.69. The number of hydrogen-bond acceptors (Lipinski definition) is 3. The standard InChI is InChI=1S/C16H23ClN4O/c1-16(11-22-12-16)10-19-15(18)21-8-6-20(7-9-21)14-4-2-13(17)3-5-14/h2-5H,6-12H2,1H3,(H2,18,19). The van der Waals surface area contributed by atoms with Gasteiger partial charge < -0.3 is 20.3 Å². The summed E-state index contributed by atoms with van der Waals surface area (Å²) in [6.07, 6.45) is 0. The minimum atomic E-state index is 0.176. The van der Waals surface area contributed by atoms with Gasteiger partial charge in [-0.15, -0.1) is 0 Å². The SMILES string of the molecule is CC1(CN=C(N)N2CCN(c3ccc(Cl)cc3)CC2)COC1. The first-order valence-corrected chi connectivity index (χ1v) is 8.07. The lowest BCUT2D eigenvalue weighted by molar-refractivity contribution is -0.0945. The van der Waals surface area contributed by atoms with E-state index in [9.17, 15) is 0 Å². The smallest absolute Gasteiger partial charge is 0.191 e. The van der Waals surface area contributed by atoms with E-state index in [2.05, 4.69) is 33.8 Å². The number of ether oxygens (including phenoxy) is 1. The normalized spacial score (nSPS) is 21.6. The van der Waals surface area contributed by atoms with Crippen LogP contribution < -0.4 is 10.6 Å². The summed E-state index contributed by atoms with van der Waals surface area (Å²) in [4.78, 5) is 9.07. The Balaban J connectivity index is 1.52. The number of hydrogen-bond donors (Lipinski definition) is 1. The molecule has 0 saturated carbocycles. The molecule has 6 heteroatoms. The van der Waals surface area contributed by atoms with E-state index in [-0.39, 0.29) is 5.41 Å². The fraction of sp³-hybridized carbons (Fsp3) is 0.562. The van der Waals surface area contributed by atoms with E-state index in [4.69, 9.17) is 22.1 Å². The second kappa shape index (κ2) is 6.34. The lowest BCUT2D eigenvalue weighted by Crippen LogP contribution is -2.52. The van der Waals surface area contributed by atoms with Crippen LogP contribution in [0.25, 0.3) is 0 Å². The Morgan fingerprint density at radius 1 is 1.23 bits per heavy atom. The first kappa shape index (κ1) is 15.4. The number of guanidine groups is 1. The van der Waals surface area contributed by atoms with E-state index >= 15 is 0 Å². The van der Waals surface area contributed by atoms with Gasteiger partial charge >= 0.3 is 0 Å². The number of nitrogens with two attached hydrogens (primary N) is 1. The van der Waals surface area contributed by atoms with Crippen molar-refractivity contribution in [2.45, 2.75) is 6.92 Å². The summed E-state index contributed by atoms with van der Waals surface area (Å²) in [6.45, 7) is 8.18. The quantitative estimate of drug-likeness (QED) is 0.681. The van der Waals surface area contributed by atoms with Crippen LogP contribution in [0.3, 0.4) is 0 Å². The molecule has 2 heterocycles. The Hall–Kier alpha value is -1.46. The highest BCUT2D eigenvalue weighted by molar-refractivity contribution is 6.30. The van der Waals surface area contributed by atoms with Crippen molar-refractivity contribution in [3.63, 3.8) is 0 Å². The van der Waals surface area contributed by atoms with Crippen LogP contribution in [-0.2, 0) is 4.74 Å². The average Bonchev–Trinajstić information content (AvgIpc) is 2.52. The van der Waals surface area contributed by atoms with Crippen LogP contribution in [0.2, 0.25) is 5.02 Å². The molecular formula is C16H23ClN4O. The van der Waals surface area contributed by atoms with Crippen LogP contribution in [-0.4, -0.2) is 56.8 Å². The fourth-order valence-corrected chi connectivity index (χ4v) is 2.89. The molecule has 2 saturated heterocycles. The average molecular weight is 323 g/mol. The Labute approximate surface area is 136 Å². The van der Waals surface area contributed by atoms with E-state index in [0.717, 1.165) is 51.0 Å². The van der Waals surface area contributed by atoms with Gasteiger partial charge in [0.25, 0.3) is 0 Å². The van der Waals surface area contributed by atoms with Crippen LogP contribution in [0.4, 0.5) is 5.69 Å². The number of anilines is 1. The Morgan fingerprint density at radius 3 is 2.41 bits per heavy atom. The van der Waals surface area contributed by atoms with Gasteiger partial charge in [-0.1, -0.05) is 18.5 Å². The molecule has 0 amide bonds. The molecule has 1 aromatic rings. The summed E-state index contributed by atoms with van der Waals surface area (Å²) < 4.78 is 5.25. The Morgan fingerprint density at radius 2 is 1.86 bits per heavy atom. The molecule has 5 nitrogen and oxygen atoms in total. The highest BCUT2D eigenvalue weighted by Gasteiger charge is 2.33. The maximum atomic E-state index is 6.14. The van der Waals surface area contributed by atoms with Crippen LogP contribution in [0.15, 0.2) is 29.3 Å². The molecule has 120 valence electrons. The van der Waals surface area contributed by atoms with Crippen molar-refractivity contribution in [3.8, 4) is 0 Å². The molecule has 0 unspecified atom stereocenters. The predicted octanol–water partition coefficient (Wildman–Crippen LogP) is 1.81. The van der Waals surface area contributed by atoms with Gasteiger partial charge in [0.1, 0.15) is 0 Å². The number of nitrogens with zero attached hydrogens (tertiary/aromatic N) is 3. The third kappa shape index (κ3) is 3.47. The van der Waals surface area contributed by atoms with Gasteiger partial charge in [-0.05, 0) is 24.3 Å². The zero-order valence-corrected chi connectivity index (χ0v) is 13.7. The fourth-order valence-electron chi connectivity index (χ4n) is 2.76. The lowest BCUT2D eigenvalue weighted by Gasteiger charge is -2.38. The van der Waals surface area contributed by atoms with E-state index in [1.807, 2.05) is 12.1 Å². The molecule has 2 aliphatic heterocycles. The Kier molecular flexibility index (Phi) is 4.45. The largest absolute Gasteiger partial charge is 0.380 e. The number of aliphatic imine (C=N–C) groups is 1. The maximum Gasteiger partial charge on any atom is 0.191 e. The second-order valence-corrected chi connectivity index (χ2v) is 6.86. The molecule has 0 bridgehead atoms. The molecule has 0 radical (unpaired) electrons. The number of benzene rings is 1. The Bertz CT molecular complexity index is 534. The molecular weight excluding hydrogens is 300 g/mol. The minimum absolute atomic E-state index is 0.176. The molecule has 0 atom stereocenters. The monoisotopic (exact) mass is 322 g/mol. The number of piperazine rings is 1. The summed E-state index contributed by atoms with van der Waals surface area (Å²) in [6, 6.07) is 7.99. The van der Waals surface area contributed by atoms with E-state index in [1.165, 1.54) is 5.69 Å². The van der Waals surface area contributed by atoms with Gasteiger partial charge in [-0.25, -0.2) is 0 Å². The summed E-state index contributed by atoms with van der Waals surface area (Å²) in [5.41, 5.74) is 7.52. The zero-order valence-electron chi connectivity index (χ0n) is 13.0. The van der Waals surface area contributed by atoms with Crippen molar-refractivity contribution in [2.24, 2.45) is 16.1 Å². The molecule has 0 spiro atoms. The van der Waals surface area contributed by atoms with E-state index < -0.39 is 0 Å². The summed E-state index contributed by atoms with van der Waals surface area (Å²) in [5, 5.41) is 0.771. The molecule has 0 aromatic heterocycles. The van der Waals surface area contributed by atoms with E-state index in [0.29, 0.717) is 5.96 Å². The highest BCUT2D eigenvalue weighted by atomic mass is 35.5. The maximum absolute atomic E-state index is 6.14. The van der Waals surface area contributed by atoms with Crippen molar-refractivity contribution >= 4 is 23.2 Å². The zero-order chi connectivity index (χ0) is 15.6. The summed E-state index contributed by atoms with van der Waals surface area (Å²) in [5.74, 6) is 0.656. The van der Waals surface area contributed by atoms with Gasteiger partial charge in [0, 0.05) is 42.3 Å². The molecule has 0 aliphatic carbocycles. The van der Waals surface area contributed by atoms with Crippen LogP contribution in [0.1, 0.15) is 6.92 Å². The lowest BCUT2D eigenvalue weighted by atomic mass is 9.89. The first-order chi connectivity index (χ1) is 10.6. The van der Waals surface area contributed by atoms with Gasteiger partial charge in [-0.3, -0.25) is 4.99 Å². The van der Waals surface area contributed by atoms with Crippen molar-refractivity contribution in [1.82, 2.24) is 4.90 Å². The molecule has 22 heavy (non-hydrogen) atoms. The second-order valence-electron chi connectivity index (χ2n) is 6.43. The molecule has 2 fully saturated rings. The third-order valence-corrected chi connectivity index (χ3v) is 4.57. The van der Waals surface area contributed by atoms with Gasteiger partial charge in [0.2, 0.25) is 0 Å². The number of rotatable bonds is 3. The van der Waals surface area contributed by atoms with Gasteiger partial charge in [0.05, 0.1) is 19.8 Å². The van der Waals surface area contributed by atoms with Crippen molar-refractivity contribution < 1.29 is 4.74 Å². The number of halogens is 1. The molecule has 3 rings (SSSR count). The minimum Gasteiger partial charge on any atom is -0.380 e. The van der Waals surface area contributed by atoms with Crippen molar-refractivity contribution in [2.75, 3.05) is 50.8 Å².